The molecule has 0 aliphatic heterocycles. The van der Waals surface area contributed by atoms with Gasteiger partial charge in [-0.3, -0.25) is 9.36 Å². The lowest BCUT2D eigenvalue weighted by Gasteiger charge is -2.04. The molecule has 0 atom stereocenters. The number of carbonyl (C=O) groups excluding carboxylic acids is 1. The molecule has 21 heavy (non-hydrogen) atoms. The molecule has 0 aliphatic carbocycles. The van der Waals surface area contributed by atoms with Crippen LogP contribution >= 0.6 is 0 Å². The maximum atomic E-state index is 12.7. The monoisotopic (exact) mass is 277 g/mol. The number of pyridine rings is 1. The maximum Gasteiger partial charge on any atom is 0.263 e. The summed E-state index contributed by atoms with van der Waals surface area (Å²) in [6.45, 7) is 0. The van der Waals surface area contributed by atoms with E-state index < -0.39 is 0 Å². The molecular weight excluding hydrogens is 266 g/mol. The molecule has 0 fully saturated rings. The van der Waals surface area contributed by atoms with E-state index in [0.717, 1.165) is 5.52 Å². The first-order valence-electron chi connectivity index (χ1n) is 6.42. The van der Waals surface area contributed by atoms with Gasteiger partial charge in [0.05, 0.1) is 29.2 Å². The molecule has 3 aromatic heterocycles. The topological polar surface area (TPSA) is 78.2 Å². The van der Waals surface area contributed by atoms with Crippen molar-refractivity contribution in [1.82, 2.24) is 18.9 Å². The molecule has 4 rings (SSSR count). The van der Waals surface area contributed by atoms with Crippen molar-refractivity contribution in [3.63, 3.8) is 0 Å². The van der Waals surface area contributed by atoms with Gasteiger partial charge in [0.1, 0.15) is 11.8 Å². The van der Waals surface area contributed by atoms with E-state index in [2.05, 4.69) is 9.97 Å². The molecule has 2 N–H and O–H groups in total. The fourth-order valence-corrected chi connectivity index (χ4v) is 2.41. The number of imidazole rings is 2. The minimum Gasteiger partial charge on any atom is -0.397 e. The van der Waals surface area contributed by atoms with E-state index in [0.29, 0.717) is 22.3 Å². The molecule has 3 heterocycles. The van der Waals surface area contributed by atoms with E-state index in [1.165, 1.54) is 10.9 Å². The van der Waals surface area contributed by atoms with Crippen molar-refractivity contribution in [2.75, 3.05) is 5.73 Å². The molecule has 0 saturated heterocycles. The van der Waals surface area contributed by atoms with E-state index in [1.54, 1.807) is 30.7 Å². The van der Waals surface area contributed by atoms with E-state index in [1.807, 2.05) is 22.7 Å². The zero-order chi connectivity index (χ0) is 14.4. The van der Waals surface area contributed by atoms with Crippen LogP contribution in [0.5, 0.6) is 0 Å². The summed E-state index contributed by atoms with van der Waals surface area (Å²) >= 11 is 0. The lowest BCUT2D eigenvalue weighted by atomic mass is 10.2. The second-order valence-electron chi connectivity index (χ2n) is 4.78. The van der Waals surface area contributed by atoms with Crippen molar-refractivity contribution in [2.45, 2.75) is 0 Å². The Balaban J connectivity index is 1.87. The Bertz CT molecular complexity index is 982. The number of aromatic nitrogens is 4. The summed E-state index contributed by atoms with van der Waals surface area (Å²) in [6, 6.07) is 8.96. The lowest BCUT2D eigenvalue weighted by molar-refractivity contribution is 0.0964. The van der Waals surface area contributed by atoms with Crippen LogP contribution in [-0.2, 0) is 0 Å². The first kappa shape index (κ1) is 11.7. The number of rotatable bonds is 1. The van der Waals surface area contributed by atoms with Crippen molar-refractivity contribution < 1.29 is 4.79 Å². The Morgan fingerprint density at radius 3 is 3.00 bits per heavy atom. The third-order valence-electron chi connectivity index (χ3n) is 3.49. The molecular formula is C15H11N5O. The highest BCUT2D eigenvalue weighted by atomic mass is 16.2. The number of anilines is 1. The van der Waals surface area contributed by atoms with Crippen molar-refractivity contribution in [1.29, 1.82) is 0 Å². The fourth-order valence-electron chi connectivity index (χ4n) is 2.41. The van der Waals surface area contributed by atoms with Crippen molar-refractivity contribution >= 4 is 28.1 Å². The Labute approximate surface area is 119 Å². The smallest absolute Gasteiger partial charge is 0.263 e. The summed E-state index contributed by atoms with van der Waals surface area (Å²) < 4.78 is 3.36. The zero-order valence-corrected chi connectivity index (χ0v) is 11.0. The zero-order valence-electron chi connectivity index (χ0n) is 11.0. The first-order chi connectivity index (χ1) is 10.2. The number of benzene rings is 1. The van der Waals surface area contributed by atoms with Gasteiger partial charge >= 0.3 is 0 Å². The van der Waals surface area contributed by atoms with Crippen molar-refractivity contribution in [3.8, 4) is 0 Å². The molecule has 6 heteroatoms. The number of hydrogen-bond donors (Lipinski definition) is 1. The molecule has 102 valence electrons. The average molecular weight is 277 g/mol. The molecule has 0 amide bonds. The standard InChI is InChI=1S/C15H11N5O/c16-12-2-1-3-13-14(12)18-9-20(13)15(21)10-4-5-19-8-17-7-11(19)6-10/h1-9H,16H2. The predicted molar refractivity (Wildman–Crippen MR) is 79.1 cm³/mol. The van der Waals surface area contributed by atoms with Gasteiger partial charge in [-0.2, -0.15) is 0 Å². The number of carbonyl (C=O) groups is 1. The normalized spacial score (nSPS) is 11.2. The Hall–Kier alpha value is -3.15. The number of nitrogens with two attached hydrogens (primary N) is 1. The molecule has 6 nitrogen and oxygen atoms in total. The highest BCUT2D eigenvalue weighted by molar-refractivity contribution is 6.03. The summed E-state index contributed by atoms with van der Waals surface area (Å²) in [5.74, 6) is -0.146. The summed E-state index contributed by atoms with van der Waals surface area (Å²) in [5.41, 5.74) is 9.21. The van der Waals surface area contributed by atoms with E-state index in [9.17, 15) is 4.79 Å². The third-order valence-corrected chi connectivity index (χ3v) is 3.49. The van der Waals surface area contributed by atoms with Crippen LogP contribution < -0.4 is 5.73 Å². The van der Waals surface area contributed by atoms with Crippen LogP contribution in [0.2, 0.25) is 0 Å². The Kier molecular flexibility index (Phi) is 2.32. The van der Waals surface area contributed by atoms with Crippen LogP contribution in [0.4, 0.5) is 5.69 Å². The summed E-state index contributed by atoms with van der Waals surface area (Å²) in [5, 5.41) is 0. The number of hydrogen-bond acceptors (Lipinski definition) is 4. The highest BCUT2D eigenvalue weighted by Gasteiger charge is 2.14. The summed E-state index contributed by atoms with van der Waals surface area (Å²) in [6.07, 6.45) is 6.71. The average Bonchev–Trinajstić information content (AvgIpc) is 3.13. The number of nitrogen functional groups attached to an aromatic ring is 1. The molecule has 0 saturated carbocycles. The number of nitrogens with zero attached hydrogens (tertiary/aromatic N) is 4. The minimum absolute atomic E-state index is 0.146. The van der Waals surface area contributed by atoms with Crippen LogP contribution in [0, 0.1) is 0 Å². The molecule has 4 aromatic rings. The summed E-state index contributed by atoms with van der Waals surface area (Å²) in [7, 11) is 0. The van der Waals surface area contributed by atoms with Gasteiger partial charge in [0, 0.05) is 11.8 Å². The largest absolute Gasteiger partial charge is 0.397 e. The predicted octanol–water partition coefficient (Wildman–Crippen LogP) is 1.95. The highest BCUT2D eigenvalue weighted by Crippen LogP contribution is 2.20. The van der Waals surface area contributed by atoms with E-state index >= 15 is 0 Å². The van der Waals surface area contributed by atoms with Gasteiger partial charge in [-0.1, -0.05) is 6.07 Å². The van der Waals surface area contributed by atoms with Crippen LogP contribution in [0.1, 0.15) is 10.4 Å². The Morgan fingerprint density at radius 1 is 1.19 bits per heavy atom. The van der Waals surface area contributed by atoms with Crippen LogP contribution in [0.25, 0.3) is 16.6 Å². The van der Waals surface area contributed by atoms with E-state index in [4.69, 9.17) is 5.73 Å². The van der Waals surface area contributed by atoms with Crippen molar-refractivity contribution in [3.05, 3.63) is 60.9 Å². The quantitative estimate of drug-likeness (QED) is 0.539. The first-order valence-corrected chi connectivity index (χ1v) is 6.42. The third kappa shape index (κ3) is 1.69. The van der Waals surface area contributed by atoms with Crippen LogP contribution in [0.3, 0.4) is 0 Å². The van der Waals surface area contributed by atoms with Gasteiger partial charge in [0.15, 0.2) is 0 Å². The molecule has 1 aromatic carbocycles. The van der Waals surface area contributed by atoms with E-state index in [-0.39, 0.29) is 5.91 Å². The fraction of sp³-hybridized carbons (Fsp3) is 0. The van der Waals surface area contributed by atoms with Crippen LogP contribution in [0.15, 0.2) is 55.4 Å². The maximum absolute atomic E-state index is 12.7. The minimum atomic E-state index is -0.146. The molecule has 0 spiro atoms. The second-order valence-corrected chi connectivity index (χ2v) is 4.78. The van der Waals surface area contributed by atoms with Gasteiger partial charge in [-0.25, -0.2) is 9.97 Å². The summed E-state index contributed by atoms with van der Waals surface area (Å²) in [4.78, 5) is 20.9. The van der Waals surface area contributed by atoms with Gasteiger partial charge in [0.25, 0.3) is 5.91 Å². The number of fused-ring (bicyclic) bond motifs is 2. The van der Waals surface area contributed by atoms with Gasteiger partial charge in [-0.05, 0) is 24.3 Å². The van der Waals surface area contributed by atoms with Gasteiger partial charge in [0.2, 0.25) is 0 Å². The van der Waals surface area contributed by atoms with Crippen LogP contribution in [-0.4, -0.2) is 24.8 Å². The molecule has 0 unspecified atom stereocenters. The number of para-hydroxylation sites is 1. The van der Waals surface area contributed by atoms with Crippen molar-refractivity contribution in [2.24, 2.45) is 0 Å². The van der Waals surface area contributed by atoms with Gasteiger partial charge < -0.3 is 10.1 Å². The Morgan fingerprint density at radius 2 is 2.10 bits per heavy atom. The second kappa shape index (κ2) is 4.17. The molecule has 0 radical (unpaired) electrons. The SMILES string of the molecule is Nc1cccc2c1ncn2C(=O)c1ccn2cncc2c1. The van der Waals surface area contributed by atoms with Gasteiger partial charge in [-0.15, -0.1) is 0 Å². The molecule has 0 bridgehead atoms. The lowest BCUT2D eigenvalue weighted by Crippen LogP contribution is -2.11. The molecule has 0 aliphatic rings.